The molecule has 1 fully saturated rings. The number of rotatable bonds is 8. The molecular weight excluding hydrogens is 343 g/mol. The van der Waals surface area contributed by atoms with E-state index in [1.54, 1.807) is 13.2 Å². The Morgan fingerprint density at radius 2 is 2.04 bits per heavy atom. The van der Waals surface area contributed by atoms with Crippen molar-refractivity contribution < 1.29 is 17.9 Å². The second-order valence-electron chi connectivity index (χ2n) is 6.84. The van der Waals surface area contributed by atoms with Crippen LogP contribution < -0.4 is 10.6 Å². The van der Waals surface area contributed by atoms with Gasteiger partial charge in [-0.25, -0.2) is 4.99 Å². The summed E-state index contributed by atoms with van der Waals surface area (Å²) in [4.78, 5) is 4.44. The van der Waals surface area contributed by atoms with Crippen molar-refractivity contribution in [2.24, 2.45) is 10.4 Å². The number of benzene rings is 1. The Morgan fingerprint density at radius 1 is 1.27 bits per heavy atom. The third-order valence-electron chi connectivity index (χ3n) is 4.90. The zero-order chi connectivity index (χ0) is 19.0. The van der Waals surface area contributed by atoms with Crippen LogP contribution in [0.2, 0.25) is 0 Å². The van der Waals surface area contributed by atoms with Crippen molar-refractivity contribution >= 4 is 5.96 Å². The number of nitrogens with zero attached hydrogens (tertiary/aromatic N) is 1. The quantitative estimate of drug-likeness (QED) is 0.537. The minimum Gasteiger partial charge on any atom is -0.385 e. The average Bonchev–Trinajstić information content (AvgIpc) is 2.58. The van der Waals surface area contributed by atoms with E-state index in [1.165, 1.54) is 12.5 Å². The van der Waals surface area contributed by atoms with E-state index in [2.05, 4.69) is 15.6 Å². The summed E-state index contributed by atoms with van der Waals surface area (Å²) in [6.45, 7) is 4.39. The maximum Gasteiger partial charge on any atom is 0.416 e. The van der Waals surface area contributed by atoms with Gasteiger partial charge in [-0.15, -0.1) is 0 Å². The molecule has 0 aromatic heterocycles. The van der Waals surface area contributed by atoms with E-state index >= 15 is 0 Å². The van der Waals surface area contributed by atoms with Gasteiger partial charge in [0.25, 0.3) is 0 Å². The van der Waals surface area contributed by atoms with E-state index in [0.717, 1.165) is 44.5 Å². The van der Waals surface area contributed by atoms with Crippen LogP contribution in [-0.4, -0.2) is 32.8 Å². The van der Waals surface area contributed by atoms with Gasteiger partial charge in [0, 0.05) is 26.8 Å². The third-order valence-corrected chi connectivity index (χ3v) is 4.90. The van der Waals surface area contributed by atoms with Gasteiger partial charge in [0.1, 0.15) is 0 Å². The van der Waals surface area contributed by atoms with E-state index in [4.69, 9.17) is 4.74 Å². The molecule has 146 valence electrons. The first-order chi connectivity index (χ1) is 12.4. The highest BCUT2D eigenvalue weighted by atomic mass is 19.4. The Morgan fingerprint density at radius 3 is 2.62 bits per heavy atom. The zero-order valence-corrected chi connectivity index (χ0v) is 15.5. The lowest BCUT2D eigenvalue weighted by Crippen LogP contribution is -2.46. The van der Waals surface area contributed by atoms with Crippen molar-refractivity contribution in [2.45, 2.75) is 45.3 Å². The van der Waals surface area contributed by atoms with Crippen molar-refractivity contribution in [3.63, 3.8) is 0 Å². The molecule has 0 aliphatic heterocycles. The molecule has 0 saturated heterocycles. The molecule has 0 radical (unpaired) electrons. The molecule has 0 unspecified atom stereocenters. The van der Waals surface area contributed by atoms with Gasteiger partial charge in [-0.05, 0) is 49.3 Å². The zero-order valence-electron chi connectivity index (χ0n) is 15.5. The lowest BCUT2D eigenvalue weighted by Gasteiger charge is -2.42. The van der Waals surface area contributed by atoms with Crippen LogP contribution in [0.1, 0.15) is 43.7 Å². The molecular formula is C19H28F3N3O. The predicted molar refractivity (Wildman–Crippen MR) is 97.0 cm³/mol. The van der Waals surface area contributed by atoms with E-state index < -0.39 is 11.7 Å². The van der Waals surface area contributed by atoms with Crippen LogP contribution in [0.15, 0.2) is 29.3 Å². The number of aliphatic imine (C=N–C) groups is 1. The third kappa shape index (κ3) is 5.90. The minimum atomic E-state index is -4.33. The fraction of sp³-hybridized carbons (Fsp3) is 0.632. The Kier molecular flexibility index (Phi) is 7.32. The molecule has 2 N–H and O–H groups in total. The fourth-order valence-electron chi connectivity index (χ4n) is 3.14. The van der Waals surface area contributed by atoms with Crippen molar-refractivity contribution in [2.75, 3.05) is 26.8 Å². The number of hydrogen-bond donors (Lipinski definition) is 2. The fourth-order valence-corrected chi connectivity index (χ4v) is 3.14. The van der Waals surface area contributed by atoms with Crippen LogP contribution in [0, 0.1) is 5.41 Å². The topological polar surface area (TPSA) is 45.7 Å². The number of alkyl halides is 3. The van der Waals surface area contributed by atoms with Crippen molar-refractivity contribution in [1.29, 1.82) is 0 Å². The standard InChI is InChI=1S/C19H28F3N3O/c1-3-23-17(25-14-18(8-5-9-18)10-11-26-2)24-13-15-6-4-7-16(12-15)19(20,21)22/h4,6-7,12H,3,5,8-11,13-14H2,1-2H3,(H2,23,24,25). The Labute approximate surface area is 153 Å². The Hall–Kier alpha value is -1.76. The minimum absolute atomic E-state index is 0.199. The SMILES string of the molecule is CCNC(=NCc1cccc(C(F)(F)F)c1)NCC1(CCOC)CCC1. The van der Waals surface area contributed by atoms with Gasteiger partial charge in [0.15, 0.2) is 5.96 Å². The van der Waals surface area contributed by atoms with E-state index in [-0.39, 0.29) is 12.0 Å². The van der Waals surface area contributed by atoms with Gasteiger partial charge < -0.3 is 15.4 Å². The second kappa shape index (κ2) is 9.26. The summed E-state index contributed by atoms with van der Waals surface area (Å²) in [6, 6.07) is 5.31. The highest BCUT2D eigenvalue weighted by Gasteiger charge is 2.36. The first-order valence-corrected chi connectivity index (χ1v) is 9.06. The molecule has 1 saturated carbocycles. The molecule has 7 heteroatoms. The van der Waals surface area contributed by atoms with Gasteiger partial charge in [-0.1, -0.05) is 18.6 Å². The smallest absolute Gasteiger partial charge is 0.385 e. The van der Waals surface area contributed by atoms with Crippen molar-refractivity contribution in [1.82, 2.24) is 10.6 Å². The summed E-state index contributed by atoms with van der Waals surface area (Å²) in [5.41, 5.74) is 0.133. The molecule has 0 bridgehead atoms. The van der Waals surface area contributed by atoms with Crippen LogP contribution in [0.25, 0.3) is 0 Å². The molecule has 0 amide bonds. The van der Waals surface area contributed by atoms with Crippen LogP contribution in [0.4, 0.5) is 13.2 Å². The summed E-state index contributed by atoms with van der Waals surface area (Å²) in [5, 5.41) is 6.51. The number of ether oxygens (including phenoxy) is 1. The monoisotopic (exact) mass is 371 g/mol. The molecule has 0 atom stereocenters. The van der Waals surface area contributed by atoms with Gasteiger partial charge >= 0.3 is 6.18 Å². The van der Waals surface area contributed by atoms with Gasteiger partial charge in [-0.3, -0.25) is 0 Å². The first kappa shape index (κ1) is 20.6. The molecule has 0 heterocycles. The molecule has 1 aliphatic carbocycles. The number of halogens is 3. The molecule has 1 aliphatic rings. The van der Waals surface area contributed by atoms with Crippen LogP contribution in [0.5, 0.6) is 0 Å². The second-order valence-corrected chi connectivity index (χ2v) is 6.84. The first-order valence-electron chi connectivity index (χ1n) is 9.06. The average molecular weight is 371 g/mol. The van der Waals surface area contributed by atoms with Gasteiger partial charge in [-0.2, -0.15) is 13.2 Å². The summed E-state index contributed by atoms with van der Waals surface area (Å²) in [5.74, 6) is 0.633. The highest BCUT2D eigenvalue weighted by Crippen LogP contribution is 2.43. The van der Waals surface area contributed by atoms with Crippen molar-refractivity contribution in [3.8, 4) is 0 Å². The van der Waals surface area contributed by atoms with Gasteiger partial charge in [0.05, 0.1) is 12.1 Å². The molecule has 0 spiro atoms. The van der Waals surface area contributed by atoms with Crippen LogP contribution >= 0.6 is 0 Å². The summed E-state index contributed by atoms with van der Waals surface area (Å²) in [6.07, 6.45) is 0.222. The van der Waals surface area contributed by atoms with Gasteiger partial charge in [0.2, 0.25) is 0 Å². The number of hydrogen-bond acceptors (Lipinski definition) is 2. The predicted octanol–water partition coefficient (Wildman–Crippen LogP) is 3.97. The number of methoxy groups -OCH3 is 1. The molecule has 1 aromatic rings. The van der Waals surface area contributed by atoms with Crippen LogP contribution in [0.3, 0.4) is 0 Å². The molecule has 4 nitrogen and oxygen atoms in total. The number of nitrogens with one attached hydrogen (secondary N) is 2. The van der Waals surface area contributed by atoms with E-state index in [9.17, 15) is 13.2 Å². The largest absolute Gasteiger partial charge is 0.416 e. The summed E-state index contributed by atoms with van der Waals surface area (Å²) in [7, 11) is 1.71. The molecule has 2 rings (SSSR count). The highest BCUT2D eigenvalue weighted by molar-refractivity contribution is 5.79. The Bertz CT molecular complexity index is 598. The summed E-state index contributed by atoms with van der Waals surface area (Å²) < 4.78 is 43.7. The van der Waals surface area contributed by atoms with Crippen LogP contribution in [-0.2, 0) is 17.5 Å². The summed E-state index contributed by atoms with van der Waals surface area (Å²) >= 11 is 0. The lowest BCUT2D eigenvalue weighted by atomic mass is 9.67. The maximum absolute atomic E-state index is 12.8. The normalized spacial score (nSPS) is 16.9. The molecule has 1 aromatic carbocycles. The number of guanidine groups is 1. The molecule has 26 heavy (non-hydrogen) atoms. The van der Waals surface area contributed by atoms with Crippen molar-refractivity contribution in [3.05, 3.63) is 35.4 Å². The lowest BCUT2D eigenvalue weighted by molar-refractivity contribution is -0.137. The van der Waals surface area contributed by atoms with E-state index in [0.29, 0.717) is 18.1 Å². The maximum atomic E-state index is 12.8. The Balaban J connectivity index is 1.98. The van der Waals surface area contributed by atoms with E-state index in [1.807, 2.05) is 6.92 Å².